The van der Waals surface area contributed by atoms with E-state index < -0.39 is 0 Å². The summed E-state index contributed by atoms with van der Waals surface area (Å²) in [6, 6.07) is 12.1. The Bertz CT molecular complexity index is 952. The number of halogens is 1. The van der Waals surface area contributed by atoms with Crippen molar-refractivity contribution in [2.45, 2.75) is 13.3 Å². The maximum absolute atomic E-state index is 6.05. The topological polar surface area (TPSA) is 30.4 Å². The highest BCUT2D eigenvalue weighted by Gasteiger charge is 2.17. The molecule has 0 unspecified atom stereocenters. The van der Waals surface area contributed by atoms with Crippen molar-refractivity contribution in [3.8, 4) is 11.5 Å². The van der Waals surface area contributed by atoms with Gasteiger partial charge < -0.3 is 8.82 Å². The van der Waals surface area contributed by atoms with Gasteiger partial charge in [-0.2, -0.15) is 0 Å². The molecule has 0 saturated carbocycles. The first-order valence-electron chi connectivity index (χ1n) is 6.92. The molecule has 1 aromatic carbocycles. The van der Waals surface area contributed by atoms with Gasteiger partial charge in [-0.25, -0.2) is 4.98 Å². The summed E-state index contributed by atoms with van der Waals surface area (Å²) in [6.45, 7) is 2.15. The van der Waals surface area contributed by atoms with Crippen LogP contribution in [0.5, 0.6) is 0 Å². The molecule has 0 aliphatic rings. The molecule has 104 valence electrons. The summed E-state index contributed by atoms with van der Waals surface area (Å²) >= 11 is 3.54. The van der Waals surface area contributed by atoms with Crippen molar-refractivity contribution < 1.29 is 4.42 Å². The largest absolute Gasteiger partial charge is 0.454 e. The standard InChI is InChI=1S/C17H13BrN2O/c1-2-11-12-6-3-4-8-15(12)21-16(11)14-10-20-9-5-7-13(18)17(20)19-14/h3-10H,2H2,1H3. The van der Waals surface area contributed by atoms with Crippen molar-refractivity contribution in [2.75, 3.05) is 0 Å². The van der Waals surface area contributed by atoms with Crippen LogP contribution in [0.3, 0.4) is 0 Å². The molecule has 4 aromatic rings. The van der Waals surface area contributed by atoms with Crippen LogP contribution >= 0.6 is 15.9 Å². The molecule has 0 saturated heterocycles. The van der Waals surface area contributed by atoms with Crippen LogP contribution in [0.1, 0.15) is 12.5 Å². The third-order valence-corrected chi connectivity index (χ3v) is 4.34. The van der Waals surface area contributed by atoms with Crippen molar-refractivity contribution in [3.63, 3.8) is 0 Å². The highest BCUT2D eigenvalue weighted by atomic mass is 79.9. The highest BCUT2D eigenvalue weighted by Crippen LogP contribution is 2.34. The van der Waals surface area contributed by atoms with Crippen LogP contribution < -0.4 is 0 Å². The molecule has 4 rings (SSSR count). The van der Waals surface area contributed by atoms with Crippen molar-refractivity contribution >= 4 is 32.5 Å². The summed E-state index contributed by atoms with van der Waals surface area (Å²) in [5.41, 5.74) is 3.90. The summed E-state index contributed by atoms with van der Waals surface area (Å²) in [4.78, 5) is 4.71. The Labute approximate surface area is 130 Å². The van der Waals surface area contributed by atoms with E-state index in [4.69, 9.17) is 9.40 Å². The van der Waals surface area contributed by atoms with Crippen molar-refractivity contribution in [1.29, 1.82) is 0 Å². The number of imidazole rings is 1. The predicted octanol–water partition coefficient (Wildman–Crippen LogP) is 5.07. The molecule has 0 amide bonds. The fraction of sp³-hybridized carbons (Fsp3) is 0.118. The number of hydrogen-bond donors (Lipinski definition) is 0. The van der Waals surface area contributed by atoms with E-state index in [-0.39, 0.29) is 0 Å². The predicted molar refractivity (Wildman–Crippen MR) is 87.5 cm³/mol. The van der Waals surface area contributed by atoms with E-state index in [1.54, 1.807) is 0 Å². The van der Waals surface area contributed by atoms with E-state index in [1.165, 1.54) is 10.9 Å². The van der Waals surface area contributed by atoms with Gasteiger partial charge >= 0.3 is 0 Å². The minimum atomic E-state index is 0.870. The Hall–Kier alpha value is -2.07. The number of para-hydroxylation sites is 1. The van der Waals surface area contributed by atoms with Crippen LogP contribution in [0, 0.1) is 0 Å². The number of hydrogen-bond acceptors (Lipinski definition) is 2. The second-order valence-corrected chi connectivity index (χ2v) is 5.83. The number of rotatable bonds is 2. The average Bonchev–Trinajstić information content (AvgIpc) is 3.08. The molecule has 0 radical (unpaired) electrons. The van der Waals surface area contributed by atoms with E-state index in [1.807, 2.05) is 47.1 Å². The molecule has 0 atom stereocenters. The maximum Gasteiger partial charge on any atom is 0.158 e. The smallest absolute Gasteiger partial charge is 0.158 e. The number of aryl methyl sites for hydroxylation is 1. The van der Waals surface area contributed by atoms with Gasteiger partial charge in [-0.1, -0.05) is 25.1 Å². The zero-order valence-corrected chi connectivity index (χ0v) is 13.1. The molecule has 0 aliphatic heterocycles. The number of nitrogens with zero attached hydrogens (tertiary/aromatic N) is 2. The second kappa shape index (κ2) is 4.74. The molecule has 4 heteroatoms. The Balaban J connectivity index is 2.01. The van der Waals surface area contributed by atoms with Gasteiger partial charge in [-0.15, -0.1) is 0 Å². The maximum atomic E-state index is 6.05. The van der Waals surface area contributed by atoms with Gasteiger partial charge in [0.05, 0.1) is 4.47 Å². The third kappa shape index (κ3) is 1.90. The van der Waals surface area contributed by atoms with Gasteiger partial charge in [0.15, 0.2) is 11.4 Å². The van der Waals surface area contributed by atoms with Gasteiger partial charge in [0.25, 0.3) is 0 Å². The van der Waals surface area contributed by atoms with Gasteiger partial charge in [-0.05, 0) is 40.5 Å². The van der Waals surface area contributed by atoms with Crippen LogP contribution in [0.25, 0.3) is 28.1 Å². The molecule has 0 fully saturated rings. The Morgan fingerprint density at radius 3 is 2.86 bits per heavy atom. The Morgan fingerprint density at radius 1 is 1.19 bits per heavy atom. The van der Waals surface area contributed by atoms with Crippen LogP contribution in [0.4, 0.5) is 0 Å². The quantitative estimate of drug-likeness (QED) is 0.509. The summed E-state index contributed by atoms with van der Waals surface area (Å²) in [5, 5.41) is 1.17. The monoisotopic (exact) mass is 340 g/mol. The van der Waals surface area contributed by atoms with E-state index in [0.717, 1.165) is 33.6 Å². The van der Waals surface area contributed by atoms with E-state index in [2.05, 4.69) is 28.9 Å². The molecular formula is C17H13BrN2O. The van der Waals surface area contributed by atoms with Gasteiger partial charge in [-0.3, -0.25) is 0 Å². The number of pyridine rings is 1. The lowest BCUT2D eigenvalue weighted by Crippen LogP contribution is -1.82. The SMILES string of the molecule is CCc1c(-c2cn3cccc(Br)c3n2)oc2ccccc12. The normalized spacial score (nSPS) is 11.5. The fourth-order valence-electron chi connectivity index (χ4n) is 2.74. The van der Waals surface area contributed by atoms with Crippen LogP contribution in [-0.2, 0) is 6.42 Å². The third-order valence-electron chi connectivity index (χ3n) is 3.72. The minimum absolute atomic E-state index is 0.870. The zero-order chi connectivity index (χ0) is 14.4. The van der Waals surface area contributed by atoms with E-state index in [9.17, 15) is 0 Å². The lowest BCUT2D eigenvalue weighted by molar-refractivity contribution is 0.625. The molecule has 3 nitrogen and oxygen atoms in total. The highest BCUT2D eigenvalue weighted by molar-refractivity contribution is 9.10. The molecule has 21 heavy (non-hydrogen) atoms. The average molecular weight is 341 g/mol. The number of aromatic nitrogens is 2. The zero-order valence-electron chi connectivity index (χ0n) is 11.5. The van der Waals surface area contributed by atoms with Gasteiger partial charge in [0.1, 0.15) is 11.3 Å². The minimum Gasteiger partial charge on any atom is -0.454 e. The number of benzene rings is 1. The van der Waals surface area contributed by atoms with Gasteiger partial charge in [0.2, 0.25) is 0 Å². The van der Waals surface area contributed by atoms with Gasteiger partial charge in [0, 0.05) is 23.3 Å². The molecule has 0 bridgehead atoms. The van der Waals surface area contributed by atoms with Crippen molar-refractivity contribution in [2.24, 2.45) is 0 Å². The van der Waals surface area contributed by atoms with Crippen LogP contribution in [0.2, 0.25) is 0 Å². The summed E-state index contributed by atoms with van der Waals surface area (Å²) < 4.78 is 9.04. The Morgan fingerprint density at radius 2 is 2.05 bits per heavy atom. The molecule has 3 heterocycles. The number of furan rings is 1. The fourth-order valence-corrected chi connectivity index (χ4v) is 3.19. The van der Waals surface area contributed by atoms with E-state index >= 15 is 0 Å². The summed E-state index contributed by atoms with van der Waals surface area (Å²) in [7, 11) is 0. The van der Waals surface area contributed by atoms with Crippen molar-refractivity contribution in [1.82, 2.24) is 9.38 Å². The summed E-state index contributed by atoms with van der Waals surface area (Å²) in [5.74, 6) is 0.870. The molecule has 0 spiro atoms. The second-order valence-electron chi connectivity index (χ2n) is 4.97. The van der Waals surface area contributed by atoms with Crippen LogP contribution in [-0.4, -0.2) is 9.38 Å². The summed E-state index contributed by atoms with van der Waals surface area (Å²) in [6.07, 6.45) is 4.92. The lowest BCUT2D eigenvalue weighted by Gasteiger charge is -1.95. The molecule has 0 N–H and O–H groups in total. The molecule has 0 aliphatic carbocycles. The first-order chi connectivity index (χ1) is 10.3. The first-order valence-corrected chi connectivity index (χ1v) is 7.71. The van der Waals surface area contributed by atoms with Crippen LogP contribution in [0.15, 0.2) is 57.7 Å². The first kappa shape index (κ1) is 12.7. The number of fused-ring (bicyclic) bond motifs is 2. The Kier molecular flexibility index (Phi) is 2.86. The lowest BCUT2D eigenvalue weighted by atomic mass is 10.1. The molecular weight excluding hydrogens is 328 g/mol. The molecule has 3 aromatic heterocycles. The van der Waals surface area contributed by atoms with E-state index in [0.29, 0.717) is 0 Å². The van der Waals surface area contributed by atoms with Crippen molar-refractivity contribution in [3.05, 3.63) is 58.8 Å².